The number of ether oxygens (including phenoxy) is 1. The summed E-state index contributed by atoms with van der Waals surface area (Å²) in [6, 6.07) is 3.98. The lowest BCUT2D eigenvalue weighted by molar-refractivity contribution is 0.0975. The molecule has 1 aromatic carbocycles. The van der Waals surface area contributed by atoms with Crippen molar-refractivity contribution >= 4 is 5.78 Å². The Kier molecular flexibility index (Phi) is 5.68. The van der Waals surface area contributed by atoms with Crippen LogP contribution in [0.1, 0.15) is 60.5 Å². The van der Waals surface area contributed by atoms with Gasteiger partial charge in [-0.15, -0.1) is 0 Å². The molecule has 0 bridgehead atoms. The van der Waals surface area contributed by atoms with E-state index in [0.717, 1.165) is 50.0 Å². The summed E-state index contributed by atoms with van der Waals surface area (Å²) >= 11 is 0. The second kappa shape index (κ2) is 8.13. The second-order valence-electron chi connectivity index (χ2n) is 6.45. The van der Waals surface area contributed by atoms with Gasteiger partial charge in [0.05, 0.1) is 12.9 Å². The number of unbranched alkanes of at least 4 members (excludes halogenated alkanes) is 1. The number of hydrogen-bond acceptors (Lipinski definition) is 3. The van der Waals surface area contributed by atoms with Crippen LogP contribution in [-0.2, 0) is 19.4 Å². The molecule has 0 radical (unpaired) electrons. The van der Waals surface area contributed by atoms with Gasteiger partial charge in [0.25, 0.3) is 0 Å². The van der Waals surface area contributed by atoms with Crippen LogP contribution in [0.2, 0.25) is 0 Å². The van der Waals surface area contributed by atoms with Crippen molar-refractivity contribution in [3.05, 3.63) is 47.5 Å². The molecule has 0 spiro atoms. The van der Waals surface area contributed by atoms with Gasteiger partial charge in [0.15, 0.2) is 5.78 Å². The fourth-order valence-corrected chi connectivity index (χ4v) is 3.34. The van der Waals surface area contributed by atoms with Crippen LogP contribution in [0.3, 0.4) is 0 Å². The van der Waals surface area contributed by atoms with Gasteiger partial charge in [-0.05, 0) is 55.4 Å². The lowest BCUT2D eigenvalue weighted by Crippen LogP contribution is -2.14. The largest absolute Gasteiger partial charge is 0.493 e. The van der Waals surface area contributed by atoms with E-state index in [4.69, 9.17) is 4.74 Å². The highest BCUT2D eigenvalue weighted by Crippen LogP contribution is 2.33. The first kappa shape index (κ1) is 16.7. The predicted molar refractivity (Wildman–Crippen MR) is 94.7 cm³/mol. The van der Waals surface area contributed by atoms with Crippen LogP contribution in [0.15, 0.2) is 30.9 Å². The number of Topliss-reactive ketones (excluding diaryl/α,β-unsaturated/α-hetero) is 1. The standard InChI is InChI=1S/C20H26N2O2/c1-2-3-14-24-20-9-8-17(16-6-4-5-7-18(16)20)19(23)10-12-22-13-11-21-15-22/h8-9,11,13,15H,2-7,10,12,14H2,1H3. The summed E-state index contributed by atoms with van der Waals surface area (Å²) in [5.74, 6) is 1.21. The van der Waals surface area contributed by atoms with Gasteiger partial charge in [-0.3, -0.25) is 4.79 Å². The molecule has 0 saturated heterocycles. The Balaban J connectivity index is 1.76. The van der Waals surface area contributed by atoms with E-state index >= 15 is 0 Å². The smallest absolute Gasteiger partial charge is 0.164 e. The average molecular weight is 326 g/mol. The van der Waals surface area contributed by atoms with Crippen molar-refractivity contribution in [2.45, 2.75) is 58.4 Å². The molecule has 128 valence electrons. The lowest BCUT2D eigenvalue weighted by Gasteiger charge is -2.22. The third-order valence-electron chi connectivity index (χ3n) is 4.70. The number of carbonyl (C=O) groups excluding carboxylic acids is 1. The highest BCUT2D eigenvalue weighted by Gasteiger charge is 2.21. The number of rotatable bonds is 8. The Morgan fingerprint density at radius 2 is 2.08 bits per heavy atom. The van der Waals surface area contributed by atoms with Crippen LogP contribution in [0.5, 0.6) is 5.75 Å². The van der Waals surface area contributed by atoms with Crippen LogP contribution in [-0.4, -0.2) is 21.9 Å². The quantitative estimate of drug-likeness (QED) is 0.539. The van der Waals surface area contributed by atoms with E-state index in [1.54, 1.807) is 12.5 Å². The summed E-state index contributed by atoms with van der Waals surface area (Å²) in [4.78, 5) is 16.7. The molecule has 4 heteroatoms. The van der Waals surface area contributed by atoms with Crippen molar-refractivity contribution in [2.24, 2.45) is 0 Å². The Morgan fingerprint density at radius 3 is 2.83 bits per heavy atom. The monoisotopic (exact) mass is 326 g/mol. The SMILES string of the molecule is CCCCOc1ccc(C(=O)CCn2ccnc2)c2c1CCCC2. The predicted octanol–water partition coefficient (Wildman–Crippen LogP) is 4.21. The van der Waals surface area contributed by atoms with E-state index in [-0.39, 0.29) is 5.78 Å². The summed E-state index contributed by atoms with van der Waals surface area (Å²) in [5.41, 5.74) is 3.39. The number of ketones is 1. The van der Waals surface area contributed by atoms with Crippen LogP contribution in [0, 0.1) is 0 Å². The fraction of sp³-hybridized carbons (Fsp3) is 0.500. The molecule has 24 heavy (non-hydrogen) atoms. The van der Waals surface area contributed by atoms with E-state index in [2.05, 4.69) is 11.9 Å². The molecular formula is C20H26N2O2. The van der Waals surface area contributed by atoms with Crippen molar-refractivity contribution in [2.75, 3.05) is 6.61 Å². The molecule has 4 nitrogen and oxygen atoms in total. The van der Waals surface area contributed by atoms with Crippen LogP contribution >= 0.6 is 0 Å². The Morgan fingerprint density at radius 1 is 1.25 bits per heavy atom. The highest BCUT2D eigenvalue weighted by molar-refractivity contribution is 5.98. The van der Waals surface area contributed by atoms with E-state index in [1.807, 2.05) is 22.9 Å². The van der Waals surface area contributed by atoms with Crippen molar-refractivity contribution in [3.8, 4) is 5.75 Å². The van der Waals surface area contributed by atoms with Crippen LogP contribution < -0.4 is 4.74 Å². The molecule has 1 heterocycles. The molecule has 1 aliphatic rings. The first-order valence-electron chi connectivity index (χ1n) is 9.06. The Hall–Kier alpha value is -2.10. The number of fused-ring (bicyclic) bond motifs is 1. The van der Waals surface area contributed by atoms with Crippen molar-refractivity contribution in [3.63, 3.8) is 0 Å². The number of carbonyl (C=O) groups is 1. The first-order valence-corrected chi connectivity index (χ1v) is 9.06. The highest BCUT2D eigenvalue weighted by atomic mass is 16.5. The number of nitrogens with zero attached hydrogens (tertiary/aromatic N) is 2. The lowest BCUT2D eigenvalue weighted by atomic mass is 9.86. The maximum Gasteiger partial charge on any atom is 0.164 e. The fourth-order valence-electron chi connectivity index (χ4n) is 3.34. The summed E-state index contributed by atoms with van der Waals surface area (Å²) in [6.07, 6.45) is 12.5. The minimum atomic E-state index is 0.224. The molecule has 1 aromatic heterocycles. The molecule has 2 aromatic rings. The molecule has 0 saturated carbocycles. The second-order valence-corrected chi connectivity index (χ2v) is 6.45. The number of aromatic nitrogens is 2. The number of aryl methyl sites for hydroxylation is 1. The summed E-state index contributed by atoms with van der Waals surface area (Å²) in [5, 5.41) is 0. The van der Waals surface area contributed by atoms with Crippen molar-refractivity contribution in [1.82, 2.24) is 9.55 Å². The first-order chi connectivity index (χ1) is 11.8. The van der Waals surface area contributed by atoms with Gasteiger partial charge < -0.3 is 9.30 Å². The molecule has 0 fully saturated rings. The van der Waals surface area contributed by atoms with Crippen LogP contribution in [0.4, 0.5) is 0 Å². The topological polar surface area (TPSA) is 44.1 Å². The molecular weight excluding hydrogens is 300 g/mol. The third kappa shape index (κ3) is 3.86. The summed E-state index contributed by atoms with van der Waals surface area (Å²) in [7, 11) is 0. The molecule has 1 aliphatic carbocycles. The van der Waals surface area contributed by atoms with Gasteiger partial charge in [-0.25, -0.2) is 4.98 Å². The third-order valence-corrected chi connectivity index (χ3v) is 4.70. The minimum Gasteiger partial charge on any atom is -0.493 e. The normalized spacial score (nSPS) is 13.5. The van der Waals surface area contributed by atoms with Gasteiger partial charge >= 0.3 is 0 Å². The van der Waals surface area contributed by atoms with E-state index in [1.165, 1.54) is 17.5 Å². The van der Waals surface area contributed by atoms with Gasteiger partial charge in [0.1, 0.15) is 5.75 Å². The average Bonchev–Trinajstić information content (AvgIpc) is 3.13. The molecule has 0 atom stereocenters. The molecule has 3 rings (SSSR count). The Labute approximate surface area is 143 Å². The van der Waals surface area contributed by atoms with Crippen LogP contribution in [0.25, 0.3) is 0 Å². The number of hydrogen-bond donors (Lipinski definition) is 0. The number of imidazole rings is 1. The van der Waals surface area contributed by atoms with E-state index in [0.29, 0.717) is 13.0 Å². The maximum atomic E-state index is 12.7. The molecule has 0 amide bonds. The Bertz CT molecular complexity index is 677. The molecule has 0 aliphatic heterocycles. The molecule has 0 N–H and O–H groups in total. The van der Waals surface area contributed by atoms with E-state index in [9.17, 15) is 4.79 Å². The van der Waals surface area contributed by atoms with Gasteiger partial charge in [0.2, 0.25) is 0 Å². The number of benzene rings is 1. The van der Waals surface area contributed by atoms with Gasteiger partial charge in [0, 0.05) is 30.9 Å². The zero-order chi connectivity index (χ0) is 16.8. The van der Waals surface area contributed by atoms with Crippen molar-refractivity contribution in [1.29, 1.82) is 0 Å². The minimum absolute atomic E-state index is 0.224. The molecule has 0 unspecified atom stereocenters. The van der Waals surface area contributed by atoms with Gasteiger partial charge in [-0.1, -0.05) is 13.3 Å². The van der Waals surface area contributed by atoms with E-state index < -0.39 is 0 Å². The van der Waals surface area contributed by atoms with Crippen molar-refractivity contribution < 1.29 is 9.53 Å². The summed E-state index contributed by atoms with van der Waals surface area (Å²) in [6.45, 7) is 3.61. The zero-order valence-electron chi connectivity index (χ0n) is 14.5. The summed E-state index contributed by atoms with van der Waals surface area (Å²) < 4.78 is 7.93. The van der Waals surface area contributed by atoms with Gasteiger partial charge in [-0.2, -0.15) is 0 Å². The zero-order valence-corrected chi connectivity index (χ0v) is 14.5. The maximum absolute atomic E-state index is 12.7.